The highest BCUT2D eigenvalue weighted by Crippen LogP contribution is 2.42. The summed E-state index contributed by atoms with van der Waals surface area (Å²) in [6.45, 7) is 0. The van der Waals surface area contributed by atoms with E-state index in [-0.39, 0.29) is 24.8 Å². The minimum atomic E-state index is -4.07. The van der Waals surface area contributed by atoms with E-state index < -0.39 is 12.1 Å². The summed E-state index contributed by atoms with van der Waals surface area (Å²) in [5.74, 6) is -1.09. The van der Waals surface area contributed by atoms with Crippen molar-refractivity contribution in [1.82, 2.24) is 9.97 Å². The monoisotopic (exact) mass is 259 g/mol. The Labute approximate surface area is 104 Å². The molecule has 1 fully saturated rings. The fourth-order valence-electron chi connectivity index (χ4n) is 2.53. The SMILES string of the molecule is NC(c1cnccn1)C1CCC(C(F)(F)F)CC1. The van der Waals surface area contributed by atoms with Crippen LogP contribution < -0.4 is 5.73 Å². The maximum atomic E-state index is 12.5. The Morgan fingerprint density at radius 2 is 1.83 bits per heavy atom. The first-order valence-electron chi connectivity index (χ1n) is 6.06. The number of aromatic nitrogens is 2. The smallest absolute Gasteiger partial charge is 0.322 e. The summed E-state index contributed by atoms with van der Waals surface area (Å²) < 4.78 is 37.6. The highest BCUT2D eigenvalue weighted by molar-refractivity contribution is 5.03. The van der Waals surface area contributed by atoms with Crippen LogP contribution in [-0.4, -0.2) is 16.1 Å². The van der Waals surface area contributed by atoms with Crippen LogP contribution in [0.25, 0.3) is 0 Å². The normalized spacial score (nSPS) is 26.9. The Morgan fingerprint density at radius 1 is 1.17 bits per heavy atom. The molecule has 1 atom stereocenters. The second-order valence-electron chi connectivity index (χ2n) is 4.81. The molecule has 0 spiro atoms. The highest BCUT2D eigenvalue weighted by Gasteiger charge is 2.42. The molecule has 100 valence electrons. The van der Waals surface area contributed by atoms with Gasteiger partial charge in [0.15, 0.2) is 0 Å². The van der Waals surface area contributed by atoms with Crippen LogP contribution >= 0.6 is 0 Å². The van der Waals surface area contributed by atoms with E-state index in [2.05, 4.69) is 9.97 Å². The highest BCUT2D eigenvalue weighted by atomic mass is 19.4. The molecule has 1 unspecified atom stereocenters. The number of nitrogens with zero attached hydrogens (tertiary/aromatic N) is 2. The van der Waals surface area contributed by atoms with Crippen molar-refractivity contribution < 1.29 is 13.2 Å². The van der Waals surface area contributed by atoms with Crippen LogP contribution in [0.15, 0.2) is 18.6 Å². The van der Waals surface area contributed by atoms with Gasteiger partial charge in [-0.3, -0.25) is 9.97 Å². The number of nitrogens with two attached hydrogens (primary N) is 1. The number of alkyl halides is 3. The molecule has 3 nitrogen and oxygen atoms in total. The lowest BCUT2D eigenvalue weighted by Crippen LogP contribution is -2.32. The summed E-state index contributed by atoms with van der Waals surface area (Å²) in [7, 11) is 0. The van der Waals surface area contributed by atoms with E-state index in [1.54, 1.807) is 18.6 Å². The summed E-state index contributed by atoms with van der Waals surface area (Å²) in [6.07, 6.45) is 1.96. The second-order valence-corrected chi connectivity index (χ2v) is 4.81. The molecule has 1 aromatic heterocycles. The topological polar surface area (TPSA) is 51.8 Å². The fraction of sp³-hybridized carbons (Fsp3) is 0.667. The van der Waals surface area contributed by atoms with Gasteiger partial charge in [0.05, 0.1) is 17.7 Å². The Bertz CT molecular complexity index is 372. The summed E-state index contributed by atoms with van der Waals surface area (Å²) in [6, 6.07) is -0.312. The first-order chi connectivity index (χ1) is 8.48. The van der Waals surface area contributed by atoms with Crippen molar-refractivity contribution >= 4 is 0 Å². The molecule has 0 amide bonds. The minimum absolute atomic E-state index is 0.0697. The molecular formula is C12H16F3N3. The van der Waals surface area contributed by atoms with Gasteiger partial charge in [-0.2, -0.15) is 13.2 Å². The van der Waals surface area contributed by atoms with E-state index in [9.17, 15) is 13.2 Å². The summed E-state index contributed by atoms with van der Waals surface area (Å²) >= 11 is 0. The third kappa shape index (κ3) is 2.98. The molecule has 1 saturated carbocycles. The number of hydrogen-bond acceptors (Lipinski definition) is 3. The van der Waals surface area contributed by atoms with Crippen molar-refractivity contribution in [3.8, 4) is 0 Å². The van der Waals surface area contributed by atoms with E-state index in [4.69, 9.17) is 5.73 Å². The number of halogens is 3. The van der Waals surface area contributed by atoms with Gasteiger partial charge >= 0.3 is 6.18 Å². The second kappa shape index (κ2) is 5.22. The molecule has 1 aromatic rings. The van der Waals surface area contributed by atoms with Crippen LogP contribution in [0.1, 0.15) is 37.4 Å². The Morgan fingerprint density at radius 3 is 2.33 bits per heavy atom. The average molecular weight is 259 g/mol. The van der Waals surface area contributed by atoms with Crippen molar-refractivity contribution in [2.24, 2.45) is 17.6 Å². The van der Waals surface area contributed by atoms with Crippen molar-refractivity contribution in [3.63, 3.8) is 0 Å². The van der Waals surface area contributed by atoms with Crippen LogP contribution in [0.3, 0.4) is 0 Å². The van der Waals surface area contributed by atoms with Gasteiger partial charge in [0.25, 0.3) is 0 Å². The average Bonchev–Trinajstić information content (AvgIpc) is 2.38. The molecule has 6 heteroatoms. The number of hydrogen-bond donors (Lipinski definition) is 1. The van der Waals surface area contributed by atoms with E-state index in [0.29, 0.717) is 18.5 Å². The molecule has 1 heterocycles. The van der Waals surface area contributed by atoms with Gasteiger partial charge in [0.1, 0.15) is 0 Å². The Kier molecular flexibility index (Phi) is 3.85. The molecule has 0 radical (unpaired) electrons. The zero-order valence-electron chi connectivity index (χ0n) is 9.90. The lowest BCUT2D eigenvalue weighted by Gasteiger charge is -2.32. The lowest BCUT2D eigenvalue weighted by atomic mass is 9.78. The van der Waals surface area contributed by atoms with Crippen molar-refractivity contribution in [3.05, 3.63) is 24.3 Å². The number of rotatable bonds is 2. The first-order valence-corrected chi connectivity index (χ1v) is 6.06. The lowest BCUT2D eigenvalue weighted by molar-refractivity contribution is -0.184. The van der Waals surface area contributed by atoms with Gasteiger partial charge in [0.2, 0.25) is 0 Å². The predicted molar refractivity (Wildman–Crippen MR) is 60.5 cm³/mol. The molecular weight excluding hydrogens is 243 g/mol. The summed E-state index contributed by atoms with van der Waals surface area (Å²) in [5.41, 5.74) is 6.70. The maximum absolute atomic E-state index is 12.5. The Hall–Kier alpha value is -1.17. The van der Waals surface area contributed by atoms with Crippen molar-refractivity contribution in [2.45, 2.75) is 37.9 Å². The molecule has 1 aliphatic carbocycles. The molecule has 0 aromatic carbocycles. The largest absolute Gasteiger partial charge is 0.391 e. The molecule has 18 heavy (non-hydrogen) atoms. The van der Waals surface area contributed by atoms with E-state index in [1.165, 1.54) is 0 Å². The van der Waals surface area contributed by atoms with Crippen LogP contribution in [0.2, 0.25) is 0 Å². The standard InChI is InChI=1S/C12H16F3N3/c13-12(14,15)9-3-1-8(2-4-9)11(16)10-7-17-5-6-18-10/h5-9,11H,1-4,16H2. The molecule has 0 bridgehead atoms. The third-order valence-corrected chi connectivity index (χ3v) is 3.67. The summed E-state index contributed by atoms with van der Waals surface area (Å²) in [4.78, 5) is 8.04. The van der Waals surface area contributed by atoms with Gasteiger partial charge in [-0.25, -0.2) is 0 Å². The molecule has 0 aliphatic heterocycles. The van der Waals surface area contributed by atoms with Gasteiger partial charge in [-0.15, -0.1) is 0 Å². The molecule has 2 rings (SSSR count). The van der Waals surface area contributed by atoms with Crippen LogP contribution in [0.4, 0.5) is 13.2 Å². The zero-order valence-corrected chi connectivity index (χ0v) is 9.90. The summed E-state index contributed by atoms with van der Waals surface area (Å²) in [5, 5.41) is 0. The quantitative estimate of drug-likeness (QED) is 0.888. The zero-order chi connectivity index (χ0) is 13.2. The predicted octanol–water partition coefficient (Wildman–Crippen LogP) is 2.85. The molecule has 0 saturated heterocycles. The molecule has 1 aliphatic rings. The Balaban J connectivity index is 1.94. The third-order valence-electron chi connectivity index (χ3n) is 3.67. The van der Waals surface area contributed by atoms with Crippen molar-refractivity contribution in [1.29, 1.82) is 0 Å². The maximum Gasteiger partial charge on any atom is 0.391 e. The van der Waals surface area contributed by atoms with E-state index >= 15 is 0 Å². The first kappa shape index (κ1) is 13.3. The van der Waals surface area contributed by atoms with E-state index in [1.807, 2.05) is 0 Å². The van der Waals surface area contributed by atoms with E-state index in [0.717, 1.165) is 0 Å². The van der Waals surface area contributed by atoms with Crippen LogP contribution in [0.5, 0.6) is 0 Å². The van der Waals surface area contributed by atoms with Gasteiger partial charge in [-0.1, -0.05) is 0 Å². The minimum Gasteiger partial charge on any atom is -0.322 e. The fourth-order valence-corrected chi connectivity index (χ4v) is 2.53. The van der Waals surface area contributed by atoms with Gasteiger partial charge < -0.3 is 5.73 Å². The van der Waals surface area contributed by atoms with Crippen molar-refractivity contribution in [2.75, 3.05) is 0 Å². The van der Waals surface area contributed by atoms with Crippen LogP contribution in [-0.2, 0) is 0 Å². The molecule has 2 N–H and O–H groups in total. The van der Waals surface area contributed by atoms with Gasteiger partial charge in [-0.05, 0) is 31.6 Å². The van der Waals surface area contributed by atoms with Crippen LogP contribution in [0, 0.1) is 11.8 Å². The van der Waals surface area contributed by atoms with Gasteiger partial charge in [0, 0.05) is 18.6 Å².